The lowest BCUT2D eigenvalue weighted by molar-refractivity contribution is 0.282. The quantitative estimate of drug-likeness (QED) is 0.799. The molecule has 1 aliphatic carbocycles. The molecule has 1 aliphatic rings. The van der Waals surface area contributed by atoms with Gasteiger partial charge in [-0.1, -0.05) is 6.42 Å². The average molecular weight is 275 g/mol. The van der Waals surface area contributed by atoms with E-state index in [1.807, 2.05) is 0 Å². The third-order valence-electron chi connectivity index (χ3n) is 4.03. The number of anilines is 1. The van der Waals surface area contributed by atoms with Crippen molar-refractivity contribution in [2.75, 3.05) is 5.73 Å². The van der Waals surface area contributed by atoms with Crippen LogP contribution >= 0.6 is 0 Å². The summed E-state index contributed by atoms with van der Waals surface area (Å²) >= 11 is 0. The van der Waals surface area contributed by atoms with Crippen LogP contribution in [0.5, 0.6) is 0 Å². The normalized spacial score (nSPS) is 15.5. The Morgan fingerprint density at radius 1 is 1.35 bits per heavy atom. The second kappa shape index (κ2) is 5.34. The molecule has 0 unspecified atom stereocenters. The first kappa shape index (κ1) is 13.3. The highest BCUT2D eigenvalue weighted by atomic mass is 19.1. The summed E-state index contributed by atoms with van der Waals surface area (Å²) in [6.07, 6.45) is 5.14. The number of aliphatic hydroxyl groups excluding tert-OH is 1. The maximum Gasteiger partial charge on any atom is 0.128 e. The monoisotopic (exact) mass is 275 g/mol. The van der Waals surface area contributed by atoms with Gasteiger partial charge in [0.2, 0.25) is 0 Å². The van der Waals surface area contributed by atoms with Gasteiger partial charge in [-0.15, -0.1) is 0 Å². The van der Waals surface area contributed by atoms with Crippen molar-refractivity contribution in [1.82, 2.24) is 10.3 Å². The molecule has 0 aliphatic heterocycles. The first-order valence-corrected chi connectivity index (χ1v) is 6.88. The van der Waals surface area contributed by atoms with Crippen LogP contribution in [0.1, 0.15) is 30.4 Å². The summed E-state index contributed by atoms with van der Waals surface area (Å²) in [5.74, 6) is 0.0517. The zero-order valence-electron chi connectivity index (χ0n) is 11.2. The van der Waals surface area contributed by atoms with Crippen molar-refractivity contribution >= 4 is 16.6 Å². The Morgan fingerprint density at radius 2 is 2.15 bits per heavy atom. The molecule has 3 rings (SSSR count). The first-order valence-electron chi connectivity index (χ1n) is 6.88. The number of nitrogens with zero attached hydrogens (tertiary/aromatic N) is 1. The van der Waals surface area contributed by atoms with E-state index in [-0.39, 0.29) is 12.4 Å². The van der Waals surface area contributed by atoms with Gasteiger partial charge < -0.3 is 16.2 Å². The van der Waals surface area contributed by atoms with Crippen LogP contribution in [0.4, 0.5) is 10.2 Å². The standard InChI is InChI=1S/C15H18FN3O/c16-14-4-9(8-20)12-6-19-15(17)5-11(12)13(14)7-18-10-2-1-3-10/h4-6,10,18,20H,1-3,7-8H2,(H2,17,19). The number of hydrogen-bond donors (Lipinski definition) is 3. The minimum absolute atomic E-state index is 0.213. The van der Waals surface area contributed by atoms with Crippen LogP contribution in [0.2, 0.25) is 0 Å². The van der Waals surface area contributed by atoms with Gasteiger partial charge in [0.05, 0.1) is 6.61 Å². The van der Waals surface area contributed by atoms with Gasteiger partial charge in [0.25, 0.3) is 0 Å². The maximum absolute atomic E-state index is 14.3. The van der Waals surface area contributed by atoms with Crippen molar-refractivity contribution in [3.05, 3.63) is 35.3 Å². The Labute approximate surface area is 116 Å². The number of nitrogen functional groups attached to an aromatic ring is 1. The van der Waals surface area contributed by atoms with Crippen molar-refractivity contribution in [3.63, 3.8) is 0 Å². The van der Waals surface area contributed by atoms with Gasteiger partial charge in [0.15, 0.2) is 0 Å². The third kappa shape index (κ3) is 2.34. The Kier molecular flexibility index (Phi) is 3.54. The molecule has 4 nitrogen and oxygen atoms in total. The molecule has 1 heterocycles. The van der Waals surface area contributed by atoms with Crippen LogP contribution in [-0.4, -0.2) is 16.1 Å². The van der Waals surface area contributed by atoms with E-state index in [9.17, 15) is 9.50 Å². The highest BCUT2D eigenvalue weighted by Gasteiger charge is 2.18. The van der Waals surface area contributed by atoms with Crippen LogP contribution < -0.4 is 11.1 Å². The average Bonchev–Trinajstić information content (AvgIpc) is 2.38. The molecule has 1 saturated carbocycles. The number of benzene rings is 1. The molecule has 106 valence electrons. The van der Waals surface area contributed by atoms with Crippen LogP contribution in [0.3, 0.4) is 0 Å². The van der Waals surface area contributed by atoms with Gasteiger partial charge in [0, 0.05) is 29.7 Å². The van der Waals surface area contributed by atoms with Gasteiger partial charge in [-0.25, -0.2) is 9.37 Å². The summed E-state index contributed by atoms with van der Waals surface area (Å²) < 4.78 is 14.3. The van der Waals surface area contributed by atoms with E-state index in [0.717, 1.165) is 23.6 Å². The topological polar surface area (TPSA) is 71.2 Å². The summed E-state index contributed by atoms with van der Waals surface area (Å²) in [4.78, 5) is 4.03. The number of halogens is 1. The molecule has 0 saturated heterocycles. The lowest BCUT2D eigenvalue weighted by Crippen LogP contribution is -2.34. The molecule has 1 fully saturated rings. The summed E-state index contributed by atoms with van der Waals surface area (Å²) in [5.41, 5.74) is 6.85. The number of pyridine rings is 1. The number of nitrogens with one attached hydrogen (secondary N) is 1. The fraction of sp³-hybridized carbons (Fsp3) is 0.400. The molecule has 0 atom stereocenters. The van der Waals surface area contributed by atoms with E-state index >= 15 is 0 Å². The maximum atomic E-state index is 14.3. The van der Waals surface area contributed by atoms with Gasteiger partial charge >= 0.3 is 0 Å². The Bertz CT molecular complexity index is 641. The Morgan fingerprint density at radius 3 is 2.80 bits per heavy atom. The molecule has 0 radical (unpaired) electrons. The molecule has 5 heteroatoms. The summed E-state index contributed by atoms with van der Waals surface area (Å²) in [6.45, 7) is 0.261. The van der Waals surface area contributed by atoms with E-state index in [4.69, 9.17) is 5.73 Å². The number of aromatic nitrogens is 1. The van der Waals surface area contributed by atoms with Gasteiger partial charge in [-0.05, 0) is 35.9 Å². The molecule has 20 heavy (non-hydrogen) atoms. The Balaban J connectivity index is 2.04. The molecule has 0 spiro atoms. The number of fused-ring (bicyclic) bond motifs is 1. The second-order valence-electron chi connectivity index (χ2n) is 5.32. The highest BCUT2D eigenvalue weighted by molar-refractivity contribution is 5.89. The number of rotatable bonds is 4. The van der Waals surface area contributed by atoms with Gasteiger partial charge in [-0.3, -0.25) is 0 Å². The van der Waals surface area contributed by atoms with Crippen LogP contribution in [0.15, 0.2) is 18.3 Å². The fourth-order valence-electron chi connectivity index (χ4n) is 2.59. The van der Waals surface area contributed by atoms with E-state index in [2.05, 4.69) is 10.3 Å². The highest BCUT2D eigenvalue weighted by Crippen LogP contribution is 2.27. The predicted octanol–water partition coefficient (Wildman–Crippen LogP) is 2.09. The smallest absolute Gasteiger partial charge is 0.128 e. The molecule has 4 N–H and O–H groups in total. The zero-order chi connectivity index (χ0) is 14.1. The van der Waals surface area contributed by atoms with Crippen molar-refractivity contribution in [2.45, 2.75) is 38.5 Å². The summed E-state index contributed by atoms with van der Waals surface area (Å²) in [7, 11) is 0. The second-order valence-corrected chi connectivity index (χ2v) is 5.32. The van der Waals surface area contributed by atoms with Crippen LogP contribution in [0, 0.1) is 5.82 Å². The van der Waals surface area contributed by atoms with E-state index in [1.54, 1.807) is 12.3 Å². The van der Waals surface area contributed by atoms with E-state index in [0.29, 0.717) is 29.5 Å². The molecular weight excluding hydrogens is 257 g/mol. The molecule has 0 amide bonds. The molecular formula is C15H18FN3O. The minimum Gasteiger partial charge on any atom is -0.392 e. The summed E-state index contributed by atoms with van der Waals surface area (Å²) in [6, 6.07) is 3.55. The van der Waals surface area contributed by atoms with E-state index < -0.39 is 0 Å². The van der Waals surface area contributed by atoms with Crippen LogP contribution in [0.25, 0.3) is 10.8 Å². The number of aliphatic hydroxyl groups is 1. The lowest BCUT2D eigenvalue weighted by Gasteiger charge is -2.27. The van der Waals surface area contributed by atoms with Gasteiger partial charge in [-0.2, -0.15) is 0 Å². The molecule has 0 bridgehead atoms. The fourth-order valence-corrected chi connectivity index (χ4v) is 2.59. The van der Waals surface area contributed by atoms with Crippen molar-refractivity contribution < 1.29 is 9.50 Å². The third-order valence-corrected chi connectivity index (χ3v) is 4.03. The largest absolute Gasteiger partial charge is 0.392 e. The van der Waals surface area contributed by atoms with E-state index in [1.165, 1.54) is 12.5 Å². The van der Waals surface area contributed by atoms with Crippen molar-refractivity contribution in [1.29, 1.82) is 0 Å². The molecule has 2 aromatic rings. The van der Waals surface area contributed by atoms with Crippen molar-refractivity contribution in [2.24, 2.45) is 0 Å². The SMILES string of the molecule is Nc1cc2c(CNC3CCC3)c(F)cc(CO)c2cn1. The minimum atomic E-state index is -0.307. The zero-order valence-corrected chi connectivity index (χ0v) is 11.2. The predicted molar refractivity (Wildman–Crippen MR) is 76.5 cm³/mol. The van der Waals surface area contributed by atoms with Gasteiger partial charge in [0.1, 0.15) is 11.6 Å². The van der Waals surface area contributed by atoms with Crippen LogP contribution in [-0.2, 0) is 13.2 Å². The van der Waals surface area contributed by atoms with Crippen molar-refractivity contribution in [3.8, 4) is 0 Å². The number of nitrogens with two attached hydrogens (primary N) is 1. The number of hydrogen-bond acceptors (Lipinski definition) is 4. The Hall–Kier alpha value is -1.72. The molecule has 1 aromatic heterocycles. The first-order chi connectivity index (χ1) is 9.69. The molecule has 1 aromatic carbocycles. The lowest BCUT2D eigenvalue weighted by atomic mass is 9.92. The summed E-state index contributed by atoms with van der Waals surface area (Å²) in [5, 5.41) is 14.2.